The van der Waals surface area contributed by atoms with Gasteiger partial charge in [-0.05, 0) is 78.1 Å². The fraction of sp³-hybridized carbons (Fsp3) is 0.308. The molecule has 28 heavy (non-hydrogen) atoms. The summed E-state index contributed by atoms with van der Waals surface area (Å²) in [6.07, 6.45) is 4.74. The second-order valence-corrected chi connectivity index (χ2v) is 8.20. The molecule has 0 saturated carbocycles. The number of aromatic hydroxyl groups is 1. The summed E-state index contributed by atoms with van der Waals surface area (Å²) in [7, 11) is 0. The quantitative estimate of drug-likeness (QED) is 0.625. The highest BCUT2D eigenvalue weighted by Crippen LogP contribution is 2.47. The van der Waals surface area contributed by atoms with Crippen molar-refractivity contribution in [1.29, 1.82) is 0 Å². The van der Waals surface area contributed by atoms with Gasteiger partial charge in [0.2, 0.25) is 0 Å². The van der Waals surface area contributed by atoms with Gasteiger partial charge in [0.15, 0.2) is 0 Å². The zero-order valence-corrected chi connectivity index (χ0v) is 16.2. The third-order valence-electron chi connectivity index (χ3n) is 6.54. The van der Waals surface area contributed by atoms with Gasteiger partial charge in [0.1, 0.15) is 5.75 Å². The van der Waals surface area contributed by atoms with Crippen molar-refractivity contribution in [3.63, 3.8) is 0 Å². The number of hydrogen-bond donors (Lipinski definition) is 1. The van der Waals surface area contributed by atoms with Gasteiger partial charge in [-0.3, -0.25) is 0 Å². The van der Waals surface area contributed by atoms with Gasteiger partial charge in [0.05, 0.1) is 0 Å². The summed E-state index contributed by atoms with van der Waals surface area (Å²) in [6, 6.07) is 26.1. The molecule has 2 atom stereocenters. The molecule has 5 rings (SSSR count). The zero-order chi connectivity index (χ0) is 18.9. The third-order valence-corrected chi connectivity index (χ3v) is 6.54. The maximum atomic E-state index is 9.98. The van der Waals surface area contributed by atoms with Crippen LogP contribution in [0.3, 0.4) is 0 Å². The predicted molar refractivity (Wildman–Crippen MR) is 115 cm³/mol. The lowest BCUT2D eigenvalue weighted by Crippen LogP contribution is -2.21. The zero-order valence-electron chi connectivity index (χ0n) is 16.2. The van der Waals surface area contributed by atoms with E-state index in [1.807, 2.05) is 12.1 Å². The first-order chi connectivity index (χ1) is 13.8. The Morgan fingerprint density at radius 2 is 1.54 bits per heavy atom. The SMILES string of the molecule is Oc1ccc2c(c1)CCC(c1ccccc1)C2c1ccc(N2CCCC2)cc1. The van der Waals surface area contributed by atoms with Gasteiger partial charge >= 0.3 is 0 Å². The molecule has 0 spiro atoms. The van der Waals surface area contributed by atoms with Crippen molar-refractivity contribution in [2.75, 3.05) is 18.0 Å². The van der Waals surface area contributed by atoms with E-state index in [9.17, 15) is 5.11 Å². The molecule has 3 aromatic carbocycles. The summed E-state index contributed by atoms with van der Waals surface area (Å²) < 4.78 is 0. The lowest BCUT2D eigenvalue weighted by molar-refractivity contribution is 0.469. The number of nitrogens with zero attached hydrogens (tertiary/aromatic N) is 1. The van der Waals surface area contributed by atoms with E-state index in [1.165, 1.54) is 53.9 Å². The van der Waals surface area contributed by atoms with E-state index in [1.54, 1.807) is 0 Å². The molecule has 3 aromatic rings. The second kappa shape index (κ2) is 7.35. The van der Waals surface area contributed by atoms with Crippen LogP contribution < -0.4 is 4.90 Å². The lowest BCUT2D eigenvalue weighted by atomic mass is 9.69. The highest BCUT2D eigenvalue weighted by atomic mass is 16.3. The Hall–Kier alpha value is -2.74. The van der Waals surface area contributed by atoms with Crippen molar-refractivity contribution in [3.8, 4) is 5.75 Å². The van der Waals surface area contributed by atoms with Gasteiger partial charge in [-0.1, -0.05) is 48.5 Å². The molecular formula is C26H27NO. The van der Waals surface area contributed by atoms with E-state index in [0.29, 0.717) is 17.6 Å². The maximum Gasteiger partial charge on any atom is 0.115 e. The maximum absolute atomic E-state index is 9.98. The number of phenolic OH excluding ortho intramolecular Hbond substituents is 1. The molecule has 1 fully saturated rings. The molecule has 2 nitrogen and oxygen atoms in total. The first kappa shape index (κ1) is 17.4. The van der Waals surface area contributed by atoms with Crippen LogP contribution in [0.5, 0.6) is 5.75 Å². The summed E-state index contributed by atoms with van der Waals surface area (Å²) >= 11 is 0. The Morgan fingerprint density at radius 3 is 2.29 bits per heavy atom. The van der Waals surface area contributed by atoms with Crippen LogP contribution in [0, 0.1) is 0 Å². The van der Waals surface area contributed by atoms with Gasteiger partial charge in [-0.25, -0.2) is 0 Å². The Balaban J connectivity index is 1.56. The van der Waals surface area contributed by atoms with E-state index in [2.05, 4.69) is 65.6 Å². The number of benzene rings is 3. The smallest absolute Gasteiger partial charge is 0.115 e. The first-order valence-corrected chi connectivity index (χ1v) is 10.5. The third kappa shape index (κ3) is 3.17. The number of phenols is 1. The van der Waals surface area contributed by atoms with Gasteiger partial charge in [-0.2, -0.15) is 0 Å². The van der Waals surface area contributed by atoms with Crippen LogP contribution in [0.15, 0.2) is 72.8 Å². The summed E-state index contributed by atoms with van der Waals surface area (Å²) in [5.74, 6) is 1.18. The first-order valence-electron chi connectivity index (χ1n) is 10.5. The molecule has 0 amide bonds. The second-order valence-electron chi connectivity index (χ2n) is 8.20. The molecule has 2 unspecified atom stereocenters. The summed E-state index contributed by atoms with van der Waals surface area (Å²) in [5, 5.41) is 9.98. The van der Waals surface area contributed by atoms with Crippen LogP contribution in [-0.2, 0) is 6.42 Å². The minimum atomic E-state index is 0.333. The molecule has 0 bridgehead atoms. The van der Waals surface area contributed by atoms with Crippen LogP contribution in [0.2, 0.25) is 0 Å². The molecule has 2 heteroatoms. The van der Waals surface area contributed by atoms with Crippen molar-refractivity contribution in [1.82, 2.24) is 0 Å². The van der Waals surface area contributed by atoms with E-state index in [4.69, 9.17) is 0 Å². The normalized spacial score (nSPS) is 21.5. The average Bonchev–Trinajstić information content (AvgIpc) is 3.28. The van der Waals surface area contributed by atoms with Crippen LogP contribution in [-0.4, -0.2) is 18.2 Å². The summed E-state index contributed by atoms with van der Waals surface area (Å²) in [6.45, 7) is 2.36. The molecule has 1 aliphatic carbocycles. The molecule has 1 N–H and O–H groups in total. The van der Waals surface area contributed by atoms with Gasteiger partial charge < -0.3 is 10.0 Å². The Bertz CT molecular complexity index is 942. The van der Waals surface area contributed by atoms with Crippen LogP contribution in [0.25, 0.3) is 0 Å². The minimum absolute atomic E-state index is 0.333. The highest BCUT2D eigenvalue weighted by Gasteiger charge is 2.32. The van der Waals surface area contributed by atoms with E-state index >= 15 is 0 Å². The van der Waals surface area contributed by atoms with Crippen LogP contribution in [0.1, 0.15) is 53.4 Å². The summed E-state index contributed by atoms with van der Waals surface area (Å²) in [4.78, 5) is 2.49. The fourth-order valence-corrected chi connectivity index (χ4v) is 5.15. The van der Waals surface area contributed by atoms with Crippen molar-refractivity contribution < 1.29 is 5.11 Å². The standard InChI is InChI=1S/C26H27NO/c28-23-13-15-25-21(18-23)10-14-24(19-6-2-1-3-7-19)26(25)20-8-11-22(12-9-20)27-16-4-5-17-27/h1-3,6-9,11-13,15,18,24,26,28H,4-5,10,14,16-17H2. The predicted octanol–water partition coefficient (Wildman–Crippen LogP) is 5.85. The Kier molecular flexibility index (Phi) is 4.56. The molecule has 142 valence electrons. The highest BCUT2D eigenvalue weighted by molar-refractivity contribution is 5.52. The van der Waals surface area contributed by atoms with Crippen LogP contribution >= 0.6 is 0 Å². The van der Waals surface area contributed by atoms with Crippen LogP contribution in [0.4, 0.5) is 5.69 Å². The molecule has 1 saturated heterocycles. The van der Waals surface area contributed by atoms with Gasteiger partial charge in [0.25, 0.3) is 0 Å². The van der Waals surface area contributed by atoms with E-state index < -0.39 is 0 Å². The molecule has 2 aliphatic rings. The largest absolute Gasteiger partial charge is 0.508 e. The topological polar surface area (TPSA) is 23.5 Å². The molecule has 1 heterocycles. The van der Waals surface area contributed by atoms with Gasteiger partial charge in [-0.15, -0.1) is 0 Å². The average molecular weight is 370 g/mol. The monoisotopic (exact) mass is 369 g/mol. The van der Waals surface area contributed by atoms with E-state index in [0.717, 1.165) is 12.8 Å². The number of aryl methyl sites for hydroxylation is 1. The molecular weight excluding hydrogens is 342 g/mol. The molecule has 1 aliphatic heterocycles. The Labute approximate surface area is 167 Å². The van der Waals surface area contributed by atoms with Crippen molar-refractivity contribution >= 4 is 5.69 Å². The number of fused-ring (bicyclic) bond motifs is 1. The Morgan fingerprint density at radius 1 is 0.786 bits per heavy atom. The summed E-state index contributed by atoms with van der Waals surface area (Å²) in [5.41, 5.74) is 6.80. The molecule has 0 radical (unpaired) electrons. The van der Waals surface area contributed by atoms with Gasteiger partial charge in [0, 0.05) is 24.7 Å². The fourth-order valence-electron chi connectivity index (χ4n) is 5.15. The lowest BCUT2D eigenvalue weighted by Gasteiger charge is -2.35. The molecule has 0 aromatic heterocycles. The number of rotatable bonds is 3. The van der Waals surface area contributed by atoms with E-state index in [-0.39, 0.29) is 0 Å². The van der Waals surface area contributed by atoms with Crippen molar-refractivity contribution in [3.05, 3.63) is 95.1 Å². The van der Waals surface area contributed by atoms with Crippen molar-refractivity contribution in [2.24, 2.45) is 0 Å². The minimum Gasteiger partial charge on any atom is -0.508 e. The van der Waals surface area contributed by atoms with Crippen molar-refractivity contribution in [2.45, 2.75) is 37.5 Å². The number of anilines is 1. The number of hydrogen-bond acceptors (Lipinski definition) is 2.